The van der Waals surface area contributed by atoms with Crippen LogP contribution in [0.15, 0.2) is 66.7 Å². The first-order valence-electron chi connectivity index (χ1n) is 10.4. The molecular weight excluding hydrogens is 372 g/mol. The Hall–Kier alpha value is -3.27. The molecule has 4 nitrogen and oxygen atoms in total. The Morgan fingerprint density at radius 2 is 1.57 bits per heavy atom. The van der Waals surface area contributed by atoms with Gasteiger partial charge in [0.15, 0.2) is 0 Å². The van der Waals surface area contributed by atoms with Crippen molar-refractivity contribution >= 4 is 11.0 Å². The molecule has 3 aromatic carbocycles. The molecule has 0 atom stereocenters. The van der Waals surface area contributed by atoms with Gasteiger partial charge in [-0.05, 0) is 62.6 Å². The van der Waals surface area contributed by atoms with Crippen LogP contribution in [0.1, 0.15) is 28.9 Å². The summed E-state index contributed by atoms with van der Waals surface area (Å²) in [6.07, 6.45) is 0.894. The summed E-state index contributed by atoms with van der Waals surface area (Å²) in [7, 11) is 0. The predicted molar refractivity (Wildman–Crippen MR) is 121 cm³/mol. The van der Waals surface area contributed by atoms with E-state index >= 15 is 0 Å². The Kier molecular flexibility index (Phi) is 6.03. The van der Waals surface area contributed by atoms with Gasteiger partial charge in [-0.25, -0.2) is 4.98 Å². The van der Waals surface area contributed by atoms with Crippen LogP contribution in [-0.2, 0) is 13.2 Å². The second-order valence-corrected chi connectivity index (χ2v) is 7.69. The molecule has 154 valence electrons. The van der Waals surface area contributed by atoms with Gasteiger partial charge in [0, 0.05) is 6.54 Å². The number of hydrogen-bond donors (Lipinski definition) is 0. The van der Waals surface area contributed by atoms with E-state index in [4.69, 9.17) is 14.5 Å². The lowest BCUT2D eigenvalue weighted by atomic mass is 10.1. The maximum Gasteiger partial charge on any atom is 0.148 e. The molecule has 0 amide bonds. The minimum atomic E-state index is 0.442. The van der Waals surface area contributed by atoms with Gasteiger partial charge in [-0.3, -0.25) is 0 Å². The Morgan fingerprint density at radius 3 is 2.40 bits per heavy atom. The van der Waals surface area contributed by atoms with Crippen molar-refractivity contribution in [3.8, 4) is 11.5 Å². The van der Waals surface area contributed by atoms with E-state index in [1.807, 2.05) is 24.3 Å². The molecule has 0 bridgehead atoms. The molecule has 0 saturated carbocycles. The predicted octanol–water partition coefficient (Wildman–Crippen LogP) is 6.01. The fraction of sp³-hybridized carbons (Fsp3) is 0.269. The summed E-state index contributed by atoms with van der Waals surface area (Å²) in [5, 5.41) is 0. The van der Waals surface area contributed by atoms with Crippen molar-refractivity contribution in [1.82, 2.24) is 9.55 Å². The topological polar surface area (TPSA) is 36.3 Å². The van der Waals surface area contributed by atoms with E-state index in [1.54, 1.807) is 0 Å². The van der Waals surface area contributed by atoms with Crippen LogP contribution in [0.5, 0.6) is 11.5 Å². The Bertz CT molecular complexity index is 1150. The third-order valence-electron chi connectivity index (χ3n) is 5.30. The van der Waals surface area contributed by atoms with Crippen molar-refractivity contribution in [2.24, 2.45) is 0 Å². The van der Waals surface area contributed by atoms with Crippen molar-refractivity contribution in [2.75, 3.05) is 6.61 Å². The lowest BCUT2D eigenvalue weighted by molar-refractivity contribution is 0.278. The van der Waals surface area contributed by atoms with Crippen LogP contribution in [0.3, 0.4) is 0 Å². The molecule has 4 heteroatoms. The average Bonchev–Trinajstić information content (AvgIpc) is 3.09. The first kappa shape index (κ1) is 20.0. The Balaban J connectivity index is 1.45. The van der Waals surface area contributed by atoms with E-state index < -0.39 is 0 Å². The number of aromatic nitrogens is 2. The third kappa shape index (κ3) is 4.48. The normalized spacial score (nSPS) is 11.0. The van der Waals surface area contributed by atoms with Gasteiger partial charge in [0.1, 0.15) is 23.9 Å². The van der Waals surface area contributed by atoms with Gasteiger partial charge in [-0.1, -0.05) is 48.0 Å². The summed E-state index contributed by atoms with van der Waals surface area (Å²) in [6, 6.07) is 22.6. The lowest BCUT2D eigenvalue weighted by Crippen LogP contribution is -2.10. The SMILES string of the molecule is Cc1ccc(OCCCn2c(COc3ccccc3C)nc3ccccc32)c(C)c1. The van der Waals surface area contributed by atoms with Gasteiger partial charge in [0.05, 0.1) is 17.6 Å². The van der Waals surface area contributed by atoms with Crippen LogP contribution in [0, 0.1) is 20.8 Å². The van der Waals surface area contributed by atoms with E-state index in [2.05, 4.69) is 67.8 Å². The standard InChI is InChI=1S/C26H28N2O2/c1-19-13-14-25(21(3)17-19)29-16-8-15-28-23-11-6-5-10-22(23)27-26(28)18-30-24-12-7-4-9-20(24)2/h4-7,9-14,17H,8,15-16,18H2,1-3H3. The molecule has 0 saturated heterocycles. The van der Waals surface area contributed by atoms with Crippen molar-refractivity contribution in [3.05, 3.63) is 89.2 Å². The fourth-order valence-electron chi connectivity index (χ4n) is 3.71. The number of benzene rings is 3. The molecule has 1 aromatic heterocycles. The van der Waals surface area contributed by atoms with E-state index in [9.17, 15) is 0 Å². The number of nitrogens with zero attached hydrogens (tertiary/aromatic N) is 2. The molecule has 0 aliphatic carbocycles. The van der Waals surface area contributed by atoms with Crippen LogP contribution in [0.25, 0.3) is 11.0 Å². The summed E-state index contributed by atoms with van der Waals surface area (Å²) in [6.45, 7) is 8.18. The highest BCUT2D eigenvalue weighted by Gasteiger charge is 2.12. The summed E-state index contributed by atoms with van der Waals surface area (Å²) in [5.74, 6) is 2.79. The molecule has 30 heavy (non-hydrogen) atoms. The zero-order valence-electron chi connectivity index (χ0n) is 17.9. The second-order valence-electron chi connectivity index (χ2n) is 7.69. The Morgan fingerprint density at radius 1 is 0.800 bits per heavy atom. The van der Waals surface area contributed by atoms with Crippen molar-refractivity contribution < 1.29 is 9.47 Å². The monoisotopic (exact) mass is 400 g/mol. The molecule has 0 fully saturated rings. The molecule has 0 N–H and O–H groups in total. The van der Waals surface area contributed by atoms with Crippen molar-refractivity contribution in [3.63, 3.8) is 0 Å². The van der Waals surface area contributed by atoms with E-state index in [0.717, 1.165) is 46.9 Å². The summed E-state index contributed by atoms with van der Waals surface area (Å²) >= 11 is 0. The van der Waals surface area contributed by atoms with Crippen molar-refractivity contribution in [1.29, 1.82) is 0 Å². The van der Waals surface area contributed by atoms with E-state index in [1.165, 1.54) is 11.1 Å². The molecule has 0 radical (unpaired) electrons. The first-order valence-corrected chi connectivity index (χ1v) is 10.4. The lowest BCUT2D eigenvalue weighted by Gasteiger charge is -2.13. The quantitative estimate of drug-likeness (QED) is 0.340. The maximum atomic E-state index is 6.08. The van der Waals surface area contributed by atoms with Gasteiger partial charge in [-0.15, -0.1) is 0 Å². The van der Waals surface area contributed by atoms with Crippen LogP contribution in [0.4, 0.5) is 0 Å². The number of ether oxygens (including phenoxy) is 2. The highest BCUT2D eigenvalue weighted by molar-refractivity contribution is 5.75. The number of hydrogen-bond acceptors (Lipinski definition) is 3. The largest absolute Gasteiger partial charge is 0.493 e. The zero-order chi connectivity index (χ0) is 20.9. The second kappa shape index (κ2) is 9.04. The average molecular weight is 401 g/mol. The highest BCUT2D eigenvalue weighted by Crippen LogP contribution is 2.22. The van der Waals surface area contributed by atoms with E-state index in [-0.39, 0.29) is 0 Å². The molecular formula is C26H28N2O2. The van der Waals surface area contributed by atoms with Crippen LogP contribution >= 0.6 is 0 Å². The summed E-state index contributed by atoms with van der Waals surface area (Å²) in [4.78, 5) is 4.82. The number of aryl methyl sites for hydroxylation is 4. The fourth-order valence-corrected chi connectivity index (χ4v) is 3.71. The van der Waals surface area contributed by atoms with Gasteiger partial charge < -0.3 is 14.0 Å². The Labute approximate surface area is 178 Å². The van der Waals surface area contributed by atoms with Crippen molar-refractivity contribution in [2.45, 2.75) is 40.3 Å². The first-order chi connectivity index (χ1) is 14.6. The minimum Gasteiger partial charge on any atom is -0.493 e. The molecule has 0 spiro atoms. The van der Waals surface area contributed by atoms with Crippen LogP contribution in [0.2, 0.25) is 0 Å². The number of para-hydroxylation sites is 3. The molecule has 1 heterocycles. The molecule has 0 aliphatic heterocycles. The van der Waals surface area contributed by atoms with Gasteiger partial charge in [0.2, 0.25) is 0 Å². The smallest absolute Gasteiger partial charge is 0.148 e. The molecule has 4 rings (SSSR count). The third-order valence-corrected chi connectivity index (χ3v) is 5.30. The number of rotatable bonds is 8. The highest BCUT2D eigenvalue weighted by atomic mass is 16.5. The minimum absolute atomic E-state index is 0.442. The number of fused-ring (bicyclic) bond motifs is 1. The van der Waals surface area contributed by atoms with Gasteiger partial charge in [0.25, 0.3) is 0 Å². The maximum absolute atomic E-state index is 6.08. The molecule has 0 unspecified atom stereocenters. The van der Waals surface area contributed by atoms with Crippen LogP contribution in [-0.4, -0.2) is 16.2 Å². The van der Waals surface area contributed by atoms with Gasteiger partial charge >= 0.3 is 0 Å². The van der Waals surface area contributed by atoms with E-state index in [0.29, 0.717) is 13.2 Å². The summed E-state index contributed by atoms with van der Waals surface area (Å²) in [5.41, 5.74) is 5.68. The molecule has 0 aliphatic rings. The van der Waals surface area contributed by atoms with Crippen LogP contribution < -0.4 is 9.47 Å². The number of imidazole rings is 1. The van der Waals surface area contributed by atoms with Gasteiger partial charge in [-0.2, -0.15) is 0 Å². The molecule has 4 aromatic rings. The zero-order valence-corrected chi connectivity index (χ0v) is 17.9. The summed E-state index contributed by atoms with van der Waals surface area (Å²) < 4.78 is 14.4.